The van der Waals surface area contributed by atoms with Gasteiger partial charge in [-0.1, -0.05) is 0 Å². The van der Waals surface area contributed by atoms with Crippen molar-refractivity contribution >= 4 is 10.0 Å². The third-order valence-corrected chi connectivity index (χ3v) is 4.94. The van der Waals surface area contributed by atoms with E-state index in [4.69, 9.17) is 0 Å². The number of halogens is 1. The molecule has 0 N–H and O–H groups in total. The van der Waals surface area contributed by atoms with Crippen LogP contribution in [0.2, 0.25) is 0 Å². The maximum atomic E-state index is 13.1. The van der Waals surface area contributed by atoms with E-state index in [1.54, 1.807) is 31.5 Å². The van der Waals surface area contributed by atoms with Crippen molar-refractivity contribution in [3.05, 3.63) is 59.7 Å². The molecule has 0 atom stereocenters. The first-order valence-electron chi connectivity index (χ1n) is 6.02. The quantitative estimate of drug-likeness (QED) is 0.869. The molecule has 0 amide bonds. The normalized spacial score (nSPS) is 11.8. The van der Waals surface area contributed by atoms with E-state index in [1.165, 1.54) is 23.5 Å². The van der Waals surface area contributed by atoms with Crippen molar-refractivity contribution in [1.29, 1.82) is 0 Å². The van der Waals surface area contributed by atoms with Crippen LogP contribution in [0.15, 0.2) is 47.6 Å². The molecular weight excluding hydrogens is 279 g/mol. The lowest BCUT2D eigenvalue weighted by atomic mass is 10.2. The van der Waals surface area contributed by atoms with Crippen LogP contribution in [0, 0.1) is 12.7 Å². The van der Waals surface area contributed by atoms with Gasteiger partial charge < -0.3 is 0 Å². The zero-order valence-electron chi connectivity index (χ0n) is 11.2. The summed E-state index contributed by atoms with van der Waals surface area (Å²) in [5, 5.41) is 0. The summed E-state index contributed by atoms with van der Waals surface area (Å²) in [7, 11) is -2.14. The summed E-state index contributed by atoms with van der Waals surface area (Å²) in [5.41, 5.74) is 1.23. The number of hydrogen-bond acceptors (Lipinski definition) is 3. The average molecular weight is 294 g/mol. The van der Waals surface area contributed by atoms with Crippen molar-refractivity contribution in [2.24, 2.45) is 0 Å². The van der Waals surface area contributed by atoms with Crippen molar-refractivity contribution in [3.8, 4) is 0 Å². The Kier molecular flexibility index (Phi) is 4.15. The summed E-state index contributed by atoms with van der Waals surface area (Å²) in [6.45, 7) is 1.82. The average Bonchev–Trinajstić information content (AvgIpc) is 2.39. The number of nitrogens with zero attached hydrogens (tertiary/aromatic N) is 2. The number of aromatic nitrogens is 1. The van der Waals surface area contributed by atoms with E-state index < -0.39 is 15.8 Å². The van der Waals surface area contributed by atoms with E-state index >= 15 is 0 Å². The molecule has 0 saturated heterocycles. The van der Waals surface area contributed by atoms with Gasteiger partial charge in [0.15, 0.2) is 0 Å². The lowest BCUT2D eigenvalue weighted by molar-refractivity contribution is 0.466. The van der Waals surface area contributed by atoms with Crippen molar-refractivity contribution in [1.82, 2.24) is 9.29 Å². The second-order valence-electron chi connectivity index (χ2n) is 4.53. The molecular formula is C14H15FN2O2S. The maximum Gasteiger partial charge on any atom is 0.243 e. The van der Waals surface area contributed by atoms with E-state index in [1.807, 2.05) is 0 Å². The fourth-order valence-electron chi connectivity index (χ4n) is 1.90. The molecule has 4 nitrogen and oxygen atoms in total. The molecule has 0 saturated carbocycles. The van der Waals surface area contributed by atoms with Crippen LogP contribution in [0.25, 0.3) is 0 Å². The van der Waals surface area contributed by atoms with E-state index in [2.05, 4.69) is 4.98 Å². The topological polar surface area (TPSA) is 50.3 Å². The Balaban J connectivity index is 2.30. The highest BCUT2D eigenvalue weighted by molar-refractivity contribution is 7.89. The highest BCUT2D eigenvalue weighted by atomic mass is 32.2. The fourth-order valence-corrected chi connectivity index (χ4v) is 3.26. The van der Waals surface area contributed by atoms with Crippen LogP contribution in [-0.2, 0) is 16.6 Å². The molecule has 1 aromatic heterocycles. The Bertz CT molecular complexity index is 702. The molecule has 2 aromatic rings. The van der Waals surface area contributed by atoms with Crippen LogP contribution in [0.4, 0.5) is 4.39 Å². The highest BCUT2D eigenvalue weighted by Gasteiger charge is 2.22. The molecule has 0 aliphatic rings. The SMILES string of the molecule is Cc1cc(F)ccc1S(=O)(=O)N(C)Cc1ccncc1. The standard InChI is InChI=1S/C14H15FN2O2S/c1-11-9-13(15)3-4-14(11)20(18,19)17(2)10-12-5-7-16-8-6-12/h3-9H,10H2,1-2H3. The van der Waals surface area contributed by atoms with Crippen LogP contribution in [0.3, 0.4) is 0 Å². The summed E-state index contributed by atoms with van der Waals surface area (Å²) in [6, 6.07) is 7.17. The van der Waals surface area contributed by atoms with Crippen molar-refractivity contribution in [2.45, 2.75) is 18.4 Å². The first-order chi connectivity index (χ1) is 9.41. The fraction of sp³-hybridized carbons (Fsp3) is 0.214. The molecule has 2 rings (SSSR count). The van der Waals surface area contributed by atoms with Crippen LogP contribution in [0.5, 0.6) is 0 Å². The van der Waals surface area contributed by atoms with Gasteiger partial charge >= 0.3 is 0 Å². The van der Waals surface area contributed by atoms with Gasteiger partial charge in [-0.3, -0.25) is 4.98 Å². The molecule has 0 unspecified atom stereocenters. The van der Waals surface area contributed by atoms with Gasteiger partial charge in [0.1, 0.15) is 5.82 Å². The van der Waals surface area contributed by atoms with Crippen LogP contribution < -0.4 is 0 Å². The second-order valence-corrected chi connectivity index (χ2v) is 6.54. The third-order valence-electron chi connectivity index (χ3n) is 2.98. The first-order valence-corrected chi connectivity index (χ1v) is 7.46. The maximum absolute atomic E-state index is 13.1. The van der Waals surface area contributed by atoms with Gasteiger partial charge in [-0.2, -0.15) is 4.31 Å². The zero-order valence-corrected chi connectivity index (χ0v) is 12.1. The zero-order chi connectivity index (χ0) is 14.8. The van der Waals surface area contributed by atoms with Gasteiger partial charge in [0.2, 0.25) is 10.0 Å². The molecule has 20 heavy (non-hydrogen) atoms. The third kappa shape index (κ3) is 3.02. The first kappa shape index (κ1) is 14.6. The predicted octanol–water partition coefficient (Wildman–Crippen LogP) is 2.35. The summed E-state index contributed by atoms with van der Waals surface area (Å²) < 4.78 is 39.2. The Morgan fingerprint density at radius 2 is 1.85 bits per heavy atom. The van der Waals surface area contributed by atoms with Gasteiger partial charge in [0, 0.05) is 26.0 Å². The summed E-state index contributed by atoms with van der Waals surface area (Å²) in [5.74, 6) is -0.446. The number of benzene rings is 1. The van der Waals surface area contributed by atoms with Crippen LogP contribution >= 0.6 is 0 Å². The molecule has 0 aliphatic heterocycles. The predicted molar refractivity (Wildman–Crippen MR) is 74.0 cm³/mol. The number of aryl methyl sites for hydroxylation is 1. The number of rotatable bonds is 4. The molecule has 106 valence electrons. The Hall–Kier alpha value is -1.79. The van der Waals surface area contributed by atoms with Crippen LogP contribution in [-0.4, -0.2) is 24.8 Å². The smallest absolute Gasteiger partial charge is 0.243 e. The summed E-state index contributed by atoms with van der Waals surface area (Å²) in [6.07, 6.45) is 3.22. The van der Waals surface area contributed by atoms with Gasteiger partial charge in [0.05, 0.1) is 4.90 Å². The Morgan fingerprint density at radius 1 is 1.20 bits per heavy atom. The minimum Gasteiger partial charge on any atom is -0.265 e. The van der Waals surface area contributed by atoms with Gasteiger partial charge in [-0.15, -0.1) is 0 Å². The van der Waals surface area contributed by atoms with Crippen molar-refractivity contribution in [2.75, 3.05) is 7.05 Å². The summed E-state index contributed by atoms with van der Waals surface area (Å²) in [4.78, 5) is 4.01. The lowest BCUT2D eigenvalue weighted by Gasteiger charge is -2.18. The molecule has 0 fully saturated rings. The molecule has 0 aliphatic carbocycles. The number of hydrogen-bond donors (Lipinski definition) is 0. The number of sulfonamides is 1. The Labute approximate surface area is 117 Å². The van der Waals surface area contributed by atoms with Crippen LogP contribution in [0.1, 0.15) is 11.1 Å². The van der Waals surface area contributed by atoms with Crippen molar-refractivity contribution < 1.29 is 12.8 Å². The van der Waals surface area contributed by atoms with Gasteiger partial charge in [-0.05, 0) is 48.4 Å². The lowest BCUT2D eigenvalue weighted by Crippen LogP contribution is -2.27. The minimum atomic E-state index is -3.64. The van der Waals surface area contributed by atoms with E-state index in [-0.39, 0.29) is 11.4 Å². The van der Waals surface area contributed by atoms with Crippen molar-refractivity contribution in [3.63, 3.8) is 0 Å². The second kappa shape index (κ2) is 5.68. The van der Waals surface area contributed by atoms with E-state index in [9.17, 15) is 12.8 Å². The molecule has 1 aromatic carbocycles. The summed E-state index contributed by atoms with van der Waals surface area (Å²) >= 11 is 0. The minimum absolute atomic E-state index is 0.121. The molecule has 0 radical (unpaired) electrons. The largest absolute Gasteiger partial charge is 0.265 e. The monoisotopic (exact) mass is 294 g/mol. The Morgan fingerprint density at radius 3 is 2.45 bits per heavy atom. The van der Waals surface area contributed by atoms with E-state index in [0.29, 0.717) is 5.56 Å². The van der Waals surface area contributed by atoms with Gasteiger partial charge in [-0.25, -0.2) is 12.8 Å². The molecule has 0 bridgehead atoms. The number of pyridine rings is 1. The molecule has 0 spiro atoms. The molecule has 1 heterocycles. The highest BCUT2D eigenvalue weighted by Crippen LogP contribution is 2.21. The van der Waals surface area contributed by atoms with E-state index in [0.717, 1.165) is 11.6 Å². The molecule has 6 heteroatoms. The van der Waals surface area contributed by atoms with Gasteiger partial charge in [0.25, 0.3) is 0 Å².